The number of aromatic carboxylic acids is 1. The van der Waals surface area contributed by atoms with Gasteiger partial charge < -0.3 is 9.84 Å². The number of carboxylic acid groups (broad SMARTS) is 1. The summed E-state index contributed by atoms with van der Waals surface area (Å²) >= 11 is 0.972. The number of halogens is 2. The Balaban J connectivity index is 1.47. The third-order valence-corrected chi connectivity index (χ3v) is 9.55. The summed E-state index contributed by atoms with van der Waals surface area (Å²) in [6, 6.07) is 6.68. The first-order valence-electron chi connectivity index (χ1n) is 13.0. The third-order valence-electron chi connectivity index (χ3n) is 7.28. The zero-order valence-corrected chi connectivity index (χ0v) is 23.5. The number of hydrogen-bond acceptors (Lipinski definition) is 6. The molecule has 0 aliphatic heterocycles. The number of methoxy groups -OCH3 is 1. The van der Waals surface area contributed by atoms with Crippen LogP contribution >= 0.6 is 11.3 Å². The number of carbonyl (C=O) groups is 1. The highest BCUT2D eigenvalue weighted by atomic mass is 32.2. The van der Waals surface area contributed by atoms with Gasteiger partial charge in [0.25, 0.3) is 10.0 Å². The summed E-state index contributed by atoms with van der Waals surface area (Å²) in [6.45, 7) is 2.21. The summed E-state index contributed by atoms with van der Waals surface area (Å²) in [5.41, 5.74) is 0.205. The molecule has 1 saturated carbocycles. The zero-order valence-electron chi connectivity index (χ0n) is 21.9. The van der Waals surface area contributed by atoms with Gasteiger partial charge in [-0.1, -0.05) is 38.7 Å². The standard InChI is InChI=1S/C28H32F2N2O5S2/c1-3-4-5-6-17-7-9-18(10-8-17)19-11-12-20(22(29)13-19)27-31-26(16-38-27)39(35,36)32-24-15-23(30)21(28(33)34)14-25(24)37-2/h11-18,32H,3-10H2,1-2H3,(H,33,34). The summed E-state index contributed by atoms with van der Waals surface area (Å²) < 4.78 is 62.4. The van der Waals surface area contributed by atoms with Gasteiger partial charge in [0.15, 0.2) is 5.03 Å². The predicted octanol–water partition coefficient (Wildman–Crippen LogP) is 7.45. The van der Waals surface area contributed by atoms with Crippen molar-refractivity contribution >= 4 is 33.0 Å². The second kappa shape index (κ2) is 12.4. The molecule has 0 bridgehead atoms. The van der Waals surface area contributed by atoms with Crippen LogP contribution in [0.25, 0.3) is 10.6 Å². The quantitative estimate of drug-likeness (QED) is 0.229. The molecule has 0 spiro atoms. The molecule has 39 heavy (non-hydrogen) atoms. The lowest BCUT2D eigenvalue weighted by molar-refractivity contribution is 0.0691. The van der Waals surface area contributed by atoms with Gasteiger partial charge in [-0.25, -0.2) is 18.6 Å². The second-order valence-electron chi connectivity index (χ2n) is 9.89. The molecular weight excluding hydrogens is 546 g/mol. The fourth-order valence-electron chi connectivity index (χ4n) is 5.10. The third kappa shape index (κ3) is 6.75. The zero-order chi connectivity index (χ0) is 28.2. The van der Waals surface area contributed by atoms with Crippen molar-refractivity contribution in [3.63, 3.8) is 0 Å². The van der Waals surface area contributed by atoms with E-state index in [0.29, 0.717) is 5.92 Å². The molecule has 2 aromatic carbocycles. The molecule has 0 unspecified atom stereocenters. The molecule has 2 N–H and O–H groups in total. The van der Waals surface area contributed by atoms with E-state index in [9.17, 15) is 17.6 Å². The molecular formula is C28H32F2N2O5S2. The number of benzene rings is 2. The van der Waals surface area contributed by atoms with E-state index < -0.39 is 33.2 Å². The maximum absolute atomic E-state index is 15.2. The molecule has 0 amide bonds. The molecule has 0 atom stereocenters. The summed E-state index contributed by atoms with van der Waals surface area (Å²) in [6.07, 6.45) is 9.44. The molecule has 11 heteroatoms. The molecule has 3 aromatic rings. The average molecular weight is 579 g/mol. The molecule has 1 aromatic heterocycles. The van der Waals surface area contributed by atoms with E-state index in [-0.39, 0.29) is 27.0 Å². The van der Waals surface area contributed by atoms with E-state index in [4.69, 9.17) is 9.84 Å². The van der Waals surface area contributed by atoms with Crippen molar-refractivity contribution in [1.29, 1.82) is 0 Å². The Labute approximate surface area is 231 Å². The van der Waals surface area contributed by atoms with E-state index in [1.165, 1.54) is 44.2 Å². The van der Waals surface area contributed by atoms with Crippen LogP contribution in [0.4, 0.5) is 14.5 Å². The van der Waals surface area contributed by atoms with Crippen LogP contribution < -0.4 is 9.46 Å². The van der Waals surface area contributed by atoms with Gasteiger partial charge in [0.05, 0.1) is 18.4 Å². The number of anilines is 1. The minimum absolute atomic E-state index is 0.176. The number of rotatable bonds is 11. The summed E-state index contributed by atoms with van der Waals surface area (Å²) in [5, 5.41) is 10.2. The Morgan fingerprint density at radius 2 is 1.87 bits per heavy atom. The van der Waals surface area contributed by atoms with Crippen molar-refractivity contribution in [2.45, 2.75) is 69.2 Å². The summed E-state index contributed by atoms with van der Waals surface area (Å²) in [7, 11) is -3.10. The molecule has 0 saturated heterocycles. The van der Waals surface area contributed by atoms with Crippen LogP contribution in [0.5, 0.6) is 5.75 Å². The number of unbranched alkanes of at least 4 members (excludes halogenated alkanes) is 2. The monoisotopic (exact) mass is 578 g/mol. The lowest BCUT2D eigenvalue weighted by Gasteiger charge is -2.29. The van der Waals surface area contributed by atoms with Crippen molar-refractivity contribution in [2.24, 2.45) is 5.92 Å². The van der Waals surface area contributed by atoms with Crippen LogP contribution in [0.3, 0.4) is 0 Å². The van der Waals surface area contributed by atoms with E-state index in [1.807, 2.05) is 6.07 Å². The molecule has 7 nitrogen and oxygen atoms in total. The van der Waals surface area contributed by atoms with E-state index in [1.54, 1.807) is 6.07 Å². The first-order chi connectivity index (χ1) is 18.6. The number of aromatic nitrogens is 1. The molecule has 1 aliphatic rings. The number of nitrogens with zero attached hydrogens (tertiary/aromatic N) is 1. The van der Waals surface area contributed by atoms with Crippen LogP contribution in [-0.2, 0) is 10.0 Å². The summed E-state index contributed by atoms with van der Waals surface area (Å²) in [5.74, 6) is -2.22. The topological polar surface area (TPSA) is 106 Å². The lowest BCUT2D eigenvalue weighted by Crippen LogP contribution is -2.15. The first kappa shape index (κ1) is 28.9. The Kier molecular flexibility index (Phi) is 9.22. The number of sulfonamides is 1. The normalized spacial score (nSPS) is 17.6. The number of hydrogen-bond donors (Lipinski definition) is 2. The SMILES string of the molecule is CCCCCC1CCC(c2ccc(-c3nc(S(=O)(=O)Nc4cc(F)c(C(=O)O)cc4OC)cs3)c(F)c2)CC1. The Bertz CT molecular complexity index is 1430. The highest BCUT2D eigenvalue weighted by Crippen LogP contribution is 2.39. The second-order valence-corrected chi connectivity index (χ2v) is 12.4. The van der Waals surface area contributed by atoms with Crippen molar-refractivity contribution in [2.75, 3.05) is 11.8 Å². The minimum Gasteiger partial charge on any atom is -0.495 e. The molecule has 210 valence electrons. The fourth-order valence-corrected chi connectivity index (χ4v) is 7.28. The van der Waals surface area contributed by atoms with Gasteiger partial charge in [-0.2, -0.15) is 8.42 Å². The fraction of sp³-hybridized carbons (Fsp3) is 0.429. The minimum atomic E-state index is -4.30. The maximum atomic E-state index is 15.2. The molecule has 1 fully saturated rings. The number of carboxylic acids is 1. The summed E-state index contributed by atoms with van der Waals surface area (Å²) in [4.78, 5) is 15.3. The van der Waals surface area contributed by atoms with E-state index in [0.717, 1.165) is 60.6 Å². The molecule has 4 rings (SSSR count). The smallest absolute Gasteiger partial charge is 0.338 e. The number of nitrogens with one attached hydrogen (secondary N) is 1. The van der Waals surface area contributed by atoms with Crippen molar-refractivity contribution in [3.8, 4) is 16.3 Å². The molecule has 1 aliphatic carbocycles. The van der Waals surface area contributed by atoms with Gasteiger partial charge in [0.1, 0.15) is 22.4 Å². The number of ether oxygens (including phenoxy) is 1. The van der Waals surface area contributed by atoms with Gasteiger partial charge >= 0.3 is 5.97 Å². The van der Waals surface area contributed by atoms with Gasteiger partial charge in [-0.15, -0.1) is 11.3 Å². The van der Waals surface area contributed by atoms with Crippen LogP contribution in [0.15, 0.2) is 40.7 Å². The molecule has 1 heterocycles. The predicted molar refractivity (Wildman–Crippen MR) is 147 cm³/mol. The van der Waals surface area contributed by atoms with Crippen molar-refractivity contribution < 1.29 is 31.8 Å². The largest absolute Gasteiger partial charge is 0.495 e. The van der Waals surface area contributed by atoms with Crippen LogP contribution in [0, 0.1) is 17.6 Å². The van der Waals surface area contributed by atoms with E-state index in [2.05, 4.69) is 16.6 Å². The van der Waals surface area contributed by atoms with Crippen molar-refractivity contribution in [3.05, 3.63) is 58.5 Å². The van der Waals surface area contributed by atoms with Gasteiger partial charge in [-0.3, -0.25) is 4.72 Å². The average Bonchev–Trinajstić information content (AvgIpc) is 3.40. The Hall–Kier alpha value is -3.05. The van der Waals surface area contributed by atoms with Crippen LogP contribution in [0.1, 0.15) is 80.1 Å². The maximum Gasteiger partial charge on any atom is 0.338 e. The van der Waals surface area contributed by atoms with Gasteiger partial charge in [0.2, 0.25) is 0 Å². The Morgan fingerprint density at radius 3 is 2.51 bits per heavy atom. The lowest BCUT2D eigenvalue weighted by atomic mass is 9.77. The van der Waals surface area contributed by atoms with E-state index >= 15 is 4.39 Å². The van der Waals surface area contributed by atoms with Crippen molar-refractivity contribution in [1.82, 2.24) is 4.98 Å². The van der Waals surface area contributed by atoms with Gasteiger partial charge in [-0.05, 0) is 61.3 Å². The Morgan fingerprint density at radius 1 is 1.13 bits per heavy atom. The highest BCUT2D eigenvalue weighted by Gasteiger charge is 2.26. The van der Waals surface area contributed by atoms with Gasteiger partial charge in [0, 0.05) is 17.0 Å². The first-order valence-corrected chi connectivity index (χ1v) is 15.4. The number of thiazole rings is 1. The van der Waals surface area contributed by atoms with Crippen LogP contribution in [0.2, 0.25) is 0 Å². The molecule has 0 radical (unpaired) electrons. The highest BCUT2D eigenvalue weighted by molar-refractivity contribution is 7.92. The van der Waals surface area contributed by atoms with Crippen LogP contribution in [-0.4, -0.2) is 31.6 Å².